The molecule has 4 heterocycles. The van der Waals surface area contributed by atoms with Crippen molar-refractivity contribution in [3.63, 3.8) is 0 Å². The highest BCUT2D eigenvalue weighted by atomic mass is 32.1. The first kappa shape index (κ1) is 32.2. The number of hydrogen-bond donors (Lipinski definition) is 2. The highest BCUT2D eigenvalue weighted by Crippen LogP contribution is 2.42. The van der Waals surface area contributed by atoms with Crippen LogP contribution >= 0.6 is 11.3 Å². The SMILES string of the molecule is Cc1nc(C(=O)NC2CCC(C3C(=O)c4cc(F)cnc4N(c4cccc(-c5ccc(CN6CCCNCC6)cc5)c4)C3=O)CC2)cs1. The topological polar surface area (TPSA) is 108 Å². The summed E-state index contributed by atoms with van der Waals surface area (Å²) in [6.07, 6.45) is 4.61. The zero-order valence-corrected chi connectivity index (χ0v) is 27.8. The average molecular weight is 667 g/mol. The van der Waals surface area contributed by atoms with Gasteiger partial charge in [0.1, 0.15) is 17.4 Å². The lowest BCUT2D eigenvalue weighted by molar-refractivity contribution is -0.122. The number of carbonyl (C=O) groups is 3. The summed E-state index contributed by atoms with van der Waals surface area (Å²) in [6.45, 7) is 6.93. The number of fused-ring (bicyclic) bond motifs is 1. The fourth-order valence-corrected chi connectivity index (χ4v) is 7.84. The second kappa shape index (κ2) is 14.0. The van der Waals surface area contributed by atoms with E-state index in [1.165, 1.54) is 27.9 Å². The quantitative estimate of drug-likeness (QED) is 0.236. The fraction of sp³-hybridized carbons (Fsp3) is 0.378. The molecule has 9 nitrogen and oxygen atoms in total. The van der Waals surface area contributed by atoms with Gasteiger partial charge in [-0.25, -0.2) is 14.4 Å². The van der Waals surface area contributed by atoms with Gasteiger partial charge in [-0.1, -0.05) is 36.4 Å². The smallest absolute Gasteiger partial charge is 0.270 e. The van der Waals surface area contributed by atoms with Gasteiger partial charge in [0.25, 0.3) is 5.91 Å². The predicted octanol–water partition coefficient (Wildman–Crippen LogP) is 5.91. The van der Waals surface area contributed by atoms with Crippen LogP contribution in [0.15, 0.2) is 66.2 Å². The van der Waals surface area contributed by atoms with E-state index in [0.29, 0.717) is 37.1 Å². The van der Waals surface area contributed by atoms with E-state index in [1.807, 2.05) is 31.2 Å². The van der Waals surface area contributed by atoms with E-state index in [2.05, 4.69) is 49.8 Å². The van der Waals surface area contributed by atoms with Crippen LogP contribution in [-0.4, -0.2) is 64.7 Å². The molecule has 1 aliphatic carbocycles. The molecule has 248 valence electrons. The van der Waals surface area contributed by atoms with Crippen LogP contribution in [0.2, 0.25) is 0 Å². The molecule has 2 aliphatic heterocycles. The molecule has 48 heavy (non-hydrogen) atoms. The third-order valence-corrected chi connectivity index (χ3v) is 10.5. The number of aromatic nitrogens is 2. The standard InChI is InChI=1S/C37H39FN6O3S/c1-23-41-32(22-48-23)36(46)42-29-12-10-26(11-13-29)33-34(45)31-19-28(38)20-40-35(31)44(37(33)47)30-5-2-4-27(18-30)25-8-6-24(7-9-25)21-43-16-3-14-39-15-17-43/h2,4-9,18-20,22,26,29,33,39H,3,10-17,21H2,1H3,(H,42,46). The lowest BCUT2D eigenvalue weighted by Gasteiger charge is -2.38. The molecule has 0 spiro atoms. The zero-order valence-electron chi connectivity index (χ0n) is 27.0. The van der Waals surface area contributed by atoms with E-state index in [-0.39, 0.29) is 35.2 Å². The van der Waals surface area contributed by atoms with Crippen molar-refractivity contribution in [1.29, 1.82) is 0 Å². The first-order valence-corrected chi connectivity index (χ1v) is 17.6. The number of aryl methyl sites for hydroxylation is 1. The first-order chi connectivity index (χ1) is 23.3. The van der Waals surface area contributed by atoms with E-state index in [1.54, 1.807) is 5.38 Å². The van der Waals surface area contributed by atoms with Gasteiger partial charge in [0, 0.05) is 31.1 Å². The molecule has 0 bridgehead atoms. The number of ketones is 1. The van der Waals surface area contributed by atoms with Gasteiger partial charge in [0.05, 0.1) is 22.5 Å². The maximum atomic E-state index is 14.5. The van der Waals surface area contributed by atoms with Crippen LogP contribution in [0.1, 0.15) is 63.5 Å². The van der Waals surface area contributed by atoms with E-state index in [0.717, 1.165) is 61.5 Å². The molecule has 2 fully saturated rings. The third kappa shape index (κ3) is 6.80. The van der Waals surface area contributed by atoms with Crippen LogP contribution in [0, 0.1) is 24.6 Å². The average Bonchev–Trinajstić information content (AvgIpc) is 3.37. The molecule has 1 saturated carbocycles. The molecule has 1 unspecified atom stereocenters. The number of carbonyl (C=O) groups excluding carboxylic acids is 3. The Balaban J connectivity index is 1.10. The summed E-state index contributed by atoms with van der Waals surface area (Å²) < 4.78 is 14.5. The summed E-state index contributed by atoms with van der Waals surface area (Å²) in [7, 11) is 0. The number of nitrogens with zero attached hydrogens (tertiary/aromatic N) is 4. The van der Waals surface area contributed by atoms with E-state index in [4.69, 9.17) is 0 Å². The van der Waals surface area contributed by atoms with Crippen LogP contribution < -0.4 is 15.5 Å². The number of pyridine rings is 1. The minimum absolute atomic E-state index is 0.0727. The third-order valence-electron chi connectivity index (χ3n) is 9.74. The minimum Gasteiger partial charge on any atom is -0.348 e. The van der Waals surface area contributed by atoms with Crippen LogP contribution in [0.4, 0.5) is 15.9 Å². The monoisotopic (exact) mass is 666 g/mol. The zero-order chi connectivity index (χ0) is 33.2. The Bertz CT molecular complexity index is 1810. The van der Waals surface area contributed by atoms with E-state index in [9.17, 15) is 18.8 Å². The van der Waals surface area contributed by atoms with Gasteiger partial charge in [-0.15, -0.1) is 11.3 Å². The molecule has 2 aromatic carbocycles. The number of anilines is 2. The highest BCUT2D eigenvalue weighted by molar-refractivity contribution is 7.09. The number of hydrogen-bond acceptors (Lipinski definition) is 8. The summed E-state index contributed by atoms with van der Waals surface area (Å²) in [5, 5.41) is 9.08. The van der Waals surface area contributed by atoms with Crippen molar-refractivity contribution in [2.75, 3.05) is 31.1 Å². The number of rotatable bonds is 7. The second-order valence-corrected chi connectivity index (χ2v) is 14.1. The molecule has 4 aromatic rings. The van der Waals surface area contributed by atoms with Crippen molar-refractivity contribution < 1.29 is 18.8 Å². The lowest BCUT2D eigenvalue weighted by atomic mass is 9.73. The van der Waals surface area contributed by atoms with Crippen molar-refractivity contribution in [3.05, 3.63) is 93.8 Å². The van der Waals surface area contributed by atoms with Crippen molar-refractivity contribution in [2.45, 2.75) is 51.6 Å². The maximum absolute atomic E-state index is 14.5. The van der Waals surface area contributed by atoms with Gasteiger partial charge in [-0.05, 0) is 92.9 Å². The molecule has 2 aromatic heterocycles. The van der Waals surface area contributed by atoms with E-state index < -0.39 is 17.5 Å². The normalized spacial score (nSPS) is 21.9. The minimum atomic E-state index is -0.962. The van der Waals surface area contributed by atoms with Crippen LogP contribution in [0.3, 0.4) is 0 Å². The van der Waals surface area contributed by atoms with Gasteiger partial charge < -0.3 is 10.6 Å². The largest absolute Gasteiger partial charge is 0.348 e. The molecule has 3 aliphatic rings. The Hall–Kier alpha value is -4.32. The van der Waals surface area contributed by atoms with Crippen LogP contribution in [0.25, 0.3) is 11.1 Å². The second-order valence-electron chi connectivity index (χ2n) is 13.0. The first-order valence-electron chi connectivity index (χ1n) is 16.7. The number of nitrogens with one attached hydrogen (secondary N) is 2. The molecule has 7 rings (SSSR count). The Kier molecular flexibility index (Phi) is 9.43. The molecule has 0 radical (unpaired) electrons. The number of amides is 2. The number of Topliss-reactive ketones (excluding diaryl/α,β-unsaturated/α-hetero) is 1. The summed E-state index contributed by atoms with van der Waals surface area (Å²) in [4.78, 5) is 53.3. The summed E-state index contributed by atoms with van der Waals surface area (Å²) in [5.41, 5.74) is 4.29. The molecule has 1 atom stereocenters. The van der Waals surface area contributed by atoms with Gasteiger partial charge >= 0.3 is 0 Å². The molecule has 1 saturated heterocycles. The fourth-order valence-electron chi connectivity index (χ4n) is 7.25. The van der Waals surface area contributed by atoms with E-state index >= 15 is 0 Å². The summed E-state index contributed by atoms with van der Waals surface area (Å²) >= 11 is 1.43. The molecule has 2 N–H and O–H groups in total. The van der Waals surface area contributed by atoms with Crippen molar-refractivity contribution in [3.8, 4) is 11.1 Å². The molecule has 11 heteroatoms. The Labute approximate surface area is 283 Å². The number of thiazole rings is 1. The number of benzene rings is 2. The van der Waals surface area contributed by atoms with Crippen molar-refractivity contribution >= 4 is 40.4 Å². The molecular weight excluding hydrogens is 628 g/mol. The lowest BCUT2D eigenvalue weighted by Crippen LogP contribution is -2.48. The number of halogens is 1. The highest BCUT2D eigenvalue weighted by Gasteiger charge is 2.46. The maximum Gasteiger partial charge on any atom is 0.270 e. The molecule has 2 amide bonds. The molecular formula is C37H39FN6O3S. The van der Waals surface area contributed by atoms with Crippen LogP contribution in [0.5, 0.6) is 0 Å². The summed E-state index contributed by atoms with van der Waals surface area (Å²) in [6, 6.07) is 17.3. The predicted molar refractivity (Wildman–Crippen MR) is 184 cm³/mol. The van der Waals surface area contributed by atoms with Crippen molar-refractivity contribution in [1.82, 2.24) is 25.5 Å². The van der Waals surface area contributed by atoms with Gasteiger partial charge in [0.15, 0.2) is 11.6 Å². The van der Waals surface area contributed by atoms with Crippen LogP contribution in [-0.2, 0) is 11.3 Å². The summed E-state index contributed by atoms with van der Waals surface area (Å²) in [5.74, 6) is -2.62. The Morgan fingerprint density at radius 2 is 1.83 bits per heavy atom. The van der Waals surface area contributed by atoms with Gasteiger partial charge in [-0.2, -0.15) is 0 Å². The van der Waals surface area contributed by atoms with Gasteiger partial charge in [0.2, 0.25) is 5.91 Å². The van der Waals surface area contributed by atoms with Crippen molar-refractivity contribution in [2.24, 2.45) is 11.8 Å². The Morgan fingerprint density at radius 1 is 1.02 bits per heavy atom. The van der Waals surface area contributed by atoms with Gasteiger partial charge in [-0.3, -0.25) is 24.2 Å². The Morgan fingerprint density at radius 3 is 2.60 bits per heavy atom.